The molecule has 2 nitrogen and oxygen atoms in total. The van der Waals surface area contributed by atoms with E-state index in [0.29, 0.717) is 11.7 Å². The Morgan fingerprint density at radius 3 is 3.00 bits per heavy atom. The second-order valence-corrected chi connectivity index (χ2v) is 1.85. The molecule has 0 aromatic heterocycles. The van der Waals surface area contributed by atoms with E-state index in [2.05, 4.69) is 4.74 Å². The zero-order chi connectivity index (χ0) is 5.54. The molecule has 0 aliphatic rings. The van der Waals surface area contributed by atoms with Crippen LogP contribution in [-0.4, -0.2) is 18.8 Å². The Morgan fingerprint density at radius 1 is 1.86 bits per heavy atom. The summed E-state index contributed by atoms with van der Waals surface area (Å²) in [5.41, 5.74) is 0. The lowest BCUT2D eigenvalue weighted by Gasteiger charge is -1.88. The van der Waals surface area contributed by atoms with Crippen LogP contribution in [0, 0.1) is 11.3 Å². The second kappa shape index (κ2) is 5.80. The van der Waals surface area contributed by atoms with Crippen molar-refractivity contribution in [3.05, 3.63) is 0 Å². The molecule has 0 fully saturated rings. The van der Waals surface area contributed by atoms with Gasteiger partial charge in [-0.2, -0.15) is 5.26 Å². The van der Waals surface area contributed by atoms with Gasteiger partial charge in [0, 0.05) is 7.11 Å². The van der Waals surface area contributed by atoms with Gasteiger partial charge < -0.3 is 4.74 Å². The van der Waals surface area contributed by atoms with Crippen LogP contribution in [0.5, 0.6) is 0 Å². The second-order valence-electron chi connectivity index (χ2n) is 0.913. The van der Waals surface area contributed by atoms with E-state index in [1.165, 1.54) is 11.8 Å². The van der Waals surface area contributed by atoms with Crippen molar-refractivity contribution in [1.29, 1.82) is 5.26 Å². The first-order valence-electron chi connectivity index (χ1n) is 1.85. The third kappa shape index (κ3) is 5.80. The summed E-state index contributed by atoms with van der Waals surface area (Å²) < 4.78 is 4.66. The number of thioether (sulfide) groups is 1. The molecule has 0 rings (SSSR count). The molecule has 0 aliphatic heterocycles. The molecule has 40 valence electrons. The summed E-state index contributed by atoms with van der Waals surface area (Å²) in [6, 6.07) is 1.99. The number of ether oxygens (including phenoxy) is 1. The third-order valence-corrected chi connectivity index (χ3v) is 1.10. The zero-order valence-electron chi connectivity index (χ0n) is 4.18. The SMILES string of the molecule is COCSCC#N. The summed E-state index contributed by atoms with van der Waals surface area (Å²) in [6.45, 7) is 0. The van der Waals surface area contributed by atoms with Gasteiger partial charge in [0.1, 0.15) is 0 Å². The maximum absolute atomic E-state index is 7.97. The highest BCUT2D eigenvalue weighted by Gasteiger charge is 1.78. The average Bonchev–Trinajstić information content (AvgIpc) is 1.69. The van der Waals surface area contributed by atoms with Crippen LogP contribution >= 0.6 is 11.8 Å². The van der Waals surface area contributed by atoms with Gasteiger partial charge in [0.25, 0.3) is 0 Å². The monoisotopic (exact) mass is 117 g/mol. The number of hydrogen-bond acceptors (Lipinski definition) is 3. The van der Waals surface area contributed by atoms with Crippen LogP contribution in [-0.2, 0) is 4.74 Å². The van der Waals surface area contributed by atoms with E-state index in [-0.39, 0.29) is 0 Å². The average molecular weight is 117 g/mol. The Morgan fingerprint density at radius 2 is 2.57 bits per heavy atom. The minimum atomic E-state index is 0.522. The van der Waals surface area contributed by atoms with Gasteiger partial charge in [0.2, 0.25) is 0 Å². The molecule has 0 amide bonds. The molecule has 3 heteroatoms. The van der Waals surface area contributed by atoms with Crippen LogP contribution in [0.25, 0.3) is 0 Å². The van der Waals surface area contributed by atoms with Gasteiger partial charge in [0.05, 0.1) is 17.8 Å². The number of hydrogen-bond donors (Lipinski definition) is 0. The van der Waals surface area contributed by atoms with E-state index in [1.54, 1.807) is 7.11 Å². The van der Waals surface area contributed by atoms with Crippen molar-refractivity contribution in [3.8, 4) is 6.07 Å². The lowest BCUT2D eigenvalue weighted by Crippen LogP contribution is -1.80. The normalized spacial score (nSPS) is 8.00. The van der Waals surface area contributed by atoms with Crippen LogP contribution in [0.15, 0.2) is 0 Å². The van der Waals surface area contributed by atoms with Gasteiger partial charge in [-0.25, -0.2) is 0 Å². The molecule has 7 heavy (non-hydrogen) atoms. The Labute approximate surface area is 47.5 Å². The predicted molar refractivity (Wildman–Crippen MR) is 29.9 cm³/mol. The molecule has 0 radical (unpaired) electrons. The fraction of sp³-hybridized carbons (Fsp3) is 0.750. The molecule has 0 saturated heterocycles. The largest absolute Gasteiger partial charge is 0.374 e. The number of nitriles is 1. The molecule has 0 unspecified atom stereocenters. The number of methoxy groups -OCH3 is 1. The third-order valence-electron chi connectivity index (χ3n) is 0.368. The summed E-state index contributed by atoms with van der Waals surface area (Å²) >= 11 is 1.47. The molecule has 0 spiro atoms. The van der Waals surface area contributed by atoms with Crippen molar-refractivity contribution in [2.24, 2.45) is 0 Å². The molecule has 0 saturated carbocycles. The molecule has 0 N–H and O–H groups in total. The van der Waals surface area contributed by atoms with Gasteiger partial charge in [-0.15, -0.1) is 11.8 Å². The first-order valence-corrected chi connectivity index (χ1v) is 3.01. The minimum absolute atomic E-state index is 0.522. The first-order chi connectivity index (χ1) is 3.41. The topological polar surface area (TPSA) is 33.0 Å². The smallest absolute Gasteiger partial charge is 0.0927 e. The van der Waals surface area contributed by atoms with Gasteiger partial charge in [-0.1, -0.05) is 0 Å². The van der Waals surface area contributed by atoms with Crippen LogP contribution < -0.4 is 0 Å². The molecular formula is C4H7NOS. The van der Waals surface area contributed by atoms with E-state index in [4.69, 9.17) is 5.26 Å². The lowest BCUT2D eigenvalue weighted by molar-refractivity contribution is 0.259. The standard InChI is InChI=1S/C4H7NOS/c1-6-4-7-3-2-5/h3-4H2,1H3. The maximum Gasteiger partial charge on any atom is 0.0927 e. The summed E-state index contributed by atoms with van der Waals surface area (Å²) in [6.07, 6.45) is 0. The Bertz CT molecular complexity index is 68.6. The van der Waals surface area contributed by atoms with Crippen LogP contribution in [0.2, 0.25) is 0 Å². The molecule has 0 aliphatic carbocycles. The highest BCUT2D eigenvalue weighted by Crippen LogP contribution is 1.95. The lowest BCUT2D eigenvalue weighted by atomic mass is 10.9. The van der Waals surface area contributed by atoms with E-state index in [9.17, 15) is 0 Å². The van der Waals surface area contributed by atoms with Gasteiger partial charge in [-0.05, 0) is 0 Å². The zero-order valence-corrected chi connectivity index (χ0v) is 4.99. The molecular weight excluding hydrogens is 110 g/mol. The van der Waals surface area contributed by atoms with E-state index in [1.807, 2.05) is 6.07 Å². The Hall–Kier alpha value is -0.200. The number of nitrogens with zero attached hydrogens (tertiary/aromatic N) is 1. The molecule has 0 heterocycles. The Kier molecular flexibility index (Phi) is 5.63. The van der Waals surface area contributed by atoms with Gasteiger partial charge in [0.15, 0.2) is 0 Å². The summed E-state index contributed by atoms with van der Waals surface area (Å²) in [4.78, 5) is 0. The van der Waals surface area contributed by atoms with Crippen LogP contribution in [0.1, 0.15) is 0 Å². The highest BCUT2D eigenvalue weighted by molar-refractivity contribution is 7.99. The van der Waals surface area contributed by atoms with E-state index < -0.39 is 0 Å². The van der Waals surface area contributed by atoms with Crippen molar-refractivity contribution in [2.45, 2.75) is 0 Å². The van der Waals surface area contributed by atoms with Crippen LogP contribution in [0.4, 0.5) is 0 Å². The fourth-order valence-electron chi connectivity index (χ4n) is 0.171. The van der Waals surface area contributed by atoms with E-state index in [0.717, 1.165) is 0 Å². The number of rotatable bonds is 3. The van der Waals surface area contributed by atoms with Crippen molar-refractivity contribution in [1.82, 2.24) is 0 Å². The summed E-state index contributed by atoms with van der Waals surface area (Å²) in [5.74, 6) is 1.14. The molecule has 0 bridgehead atoms. The predicted octanol–water partition coefficient (Wildman–Crippen LogP) is 0.847. The van der Waals surface area contributed by atoms with Crippen molar-refractivity contribution in [2.75, 3.05) is 18.8 Å². The van der Waals surface area contributed by atoms with Crippen molar-refractivity contribution >= 4 is 11.8 Å². The van der Waals surface area contributed by atoms with Crippen molar-refractivity contribution < 1.29 is 4.74 Å². The highest BCUT2D eigenvalue weighted by atomic mass is 32.2. The van der Waals surface area contributed by atoms with Gasteiger partial charge >= 0.3 is 0 Å². The van der Waals surface area contributed by atoms with Crippen LogP contribution in [0.3, 0.4) is 0 Å². The summed E-state index contributed by atoms with van der Waals surface area (Å²) in [5, 5.41) is 7.97. The van der Waals surface area contributed by atoms with Crippen molar-refractivity contribution in [3.63, 3.8) is 0 Å². The minimum Gasteiger partial charge on any atom is -0.374 e. The quantitative estimate of drug-likeness (QED) is 0.406. The molecule has 0 aromatic rings. The molecule has 0 atom stereocenters. The Balaban J connectivity index is 2.60. The summed E-state index contributed by atoms with van der Waals surface area (Å²) in [7, 11) is 1.62. The molecule has 0 aromatic carbocycles. The first kappa shape index (κ1) is 6.80. The maximum atomic E-state index is 7.97. The fourth-order valence-corrected chi connectivity index (χ4v) is 0.512. The van der Waals surface area contributed by atoms with E-state index >= 15 is 0 Å². The van der Waals surface area contributed by atoms with Gasteiger partial charge in [-0.3, -0.25) is 0 Å².